The van der Waals surface area contributed by atoms with Gasteiger partial charge in [0.15, 0.2) is 17.3 Å². The van der Waals surface area contributed by atoms with Crippen LogP contribution in [0.3, 0.4) is 0 Å². The highest BCUT2D eigenvalue weighted by molar-refractivity contribution is 6.30. The summed E-state index contributed by atoms with van der Waals surface area (Å²) in [6.45, 7) is 4.93. The van der Waals surface area contributed by atoms with E-state index in [0.29, 0.717) is 25.1 Å². The summed E-state index contributed by atoms with van der Waals surface area (Å²) in [5, 5.41) is 21.2. The van der Waals surface area contributed by atoms with Gasteiger partial charge < -0.3 is 24.3 Å². The van der Waals surface area contributed by atoms with Crippen molar-refractivity contribution in [3.63, 3.8) is 0 Å². The van der Waals surface area contributed by atoms with Crippen LogP contribution in [0.25, 0.3) is 0 Å². The molecule has 0 aliphatic carbocycles. The first-order chi connectivity index (χ1) is 16.4. The first-order valence-electron chi connectivity index (χ1n) is 11.4. The second-order valence-electron chi connectivity index (χ2n) is 8.43. The van der Waals surface area contributed by atoms with E-state index in [4.69, 9.17) is 20.8 Å². The van der Waals surface area contributed by atoms with Crippen molar-refractivity contribution < 1.29 is 19.4 Å². The number of hydrogen-bond acceptors (Lipinski definition) is 7. The minimum atomic E-state index is -0.546. The summed E-state index contributed by atoms with van der Waals surface area (Å²) in [4.78, 5) is 17.0. The van der Waals surface area contributed by atoms with Gasteiger partial charge in [0.25, 0.3) is 0 Å². The molecule has 1 saturated heterocycles. The van der Waals surface area contributed by atoms with E-state index in [0.717, 1.165) is 55.4 Å². The van der Waals surface area contributed by atoms with Crippen LogP contribution in [0.1, 0.15) is 17.7 Å². The lowest BCUT2D eigenvalue weighted by atomic mass is 10.1. The molecule has 2 aromatic carbocycles. The number of rotatable bonds is 9. The Morgan fingerprint density at radius 3 is 2.53 bits per heavy atom. The maximum atomic E-state index is 12.3. The quantitative estimate of drug-likeness (QED) is 0.477. The topological polar surface area (TPSA) is 91.3 Å². The van der Waals surface area contributed by atoms with E-state index >= 15 is 0 Å². The number of phenolic OH excluding ortho intramolecular Hbond substituents is 1. The first kappa shape index (κ1) is 24.0. The Morgan fingerprint density at radius 2 is 1.82 bits per heavy atom. The molecule has 0 spiro atoms. The third-order valence-electron chi connectivity index (χ3n) is 6.22. The van der Waals surface area contributed by atoms with Crippen LogP contribution in [0, 0.1) is 0 Å². The number of methoxy groups -OCH3 is 1. The standard InChI is InChI=1S/C25H30ClN3O5/c1-33-22-8-6-18(16-21(22)30)7-9-23-24(31)29(25(32)34-23)11-3-10-27-12-14-28(15-13-27)20-5-2-4-19(26)17-20/h2,4-6,8,16-17,30-31H,3,7,9-15H2,1H3. The molecule has 3 aromatic rings. The highest BCUT2D eigenvalue weighted by atomic mass is 35.5. The fraction of sp³-hybridized carbons (Fsp3) is 0.400. The summed E-state index contributed by atoms with van der Waals surface area (Å²) in [6.07, 6.45) is 1.59. The molecule has 1 aliphatic heterocycles. The number of nitrogens with zero attached hydrogens (tertiary/aromatic N) is 3. The van der Waals surface area contributed by atoms with Gasteiger partial charge in [0.1, 0.15) is 0 Å². The fourth-order valence-electron chi connectivity index (χ4n) is 4.31. The monoisotopic (exact) mass is 487 g/mol. The molecule has 34 heavy (non-hydrogen) atoms. The minimum Gasteiger partial charge on any atom is -0.504 e. The molecule has 0 atom stereocenters. The van der Waals surface area contributed by atoms with E-state index in [1.54, 1.807) is 12.1 Å². The molecule has 4 rings (SSSR count). The van der Waals surface area contributed by atoms with Gasteiger partial charge in [0, 0.05) is 49.9 Å². The summed E-state index contributed by atoms with van der Waals surface area (Å²) in [6, 6.07) is 13.0. The molecule has 9 heteroatoms. The number of halogens is 1. The maximum Gasteiger partial charge on any atom is 0.422 e. The van der Waals surface area contributed by atoms with Crippen molar-refractivity contribution in [2.24, 2.45) is 0 Å². The van der Waals surface area contributed by atoms with Crippen LogP contribution in [-0.2, 0) is 19.4 Å². The average molecular weight is 488 g/mol. The van der Waals surface area contributed by atoms with E-state index < -0.39 is 5.76 Å². The Hall–Kier alpha value is -3.10. The molecular formula is C25H30ClN3O5. The number of benzene rings is 2. The molecular weight excluding hydrogens is 458 g/mol. The molecule has 0 radical (unpaired) electrons. The third-order valence-corrected chi connectivity index (χ3v) is 6.46. The summed E-state index contributed by atoms with van der Waals surface area (Å²) in [5.74, 6) is 0.0478. The molecule has 0 saturated carbocycles. The van der Waals surface area contributed by atoms with E-state index in [1.807, 2.05) is 24.3 Å². The van der Waals surface area contributed by atoms with Crippen LogP contribution in [0.15, 0.2) is 51.7 Å². The van der Waals surface area contributed by atoms with Crippen LogP contribution in [0.2, 0.25) is 5.02 Å². The van der Waals surface area contributed by atoms with Gasteiger partial charge in [-0.3, -0.25) is 4.90 Å². The van der Waals surface area contributed by atoms with Crippen LogP contribution < -0.4 is 15.4 Å². The molecule has 1 fully saturated rings. The number of aromatic nitrogens is 1. The number of hydrogen-bond donors (Lipinski definition) is 2. The van der Waals surface area contributed by atoms with Crippen molar-refractivity contribution in [2.75, 3.05) is 44.7 Å². The second-order valence-corrected chi connectivity index (χ2v) is 8.87. The van der Waals surface area contributed by atoms with Gasteiger partial charge in [-0.25, -0.2) is 9.36 Å². The second kappa shape index (κ2) is 10.9. The molecule has 0 amide bonds. The molecule has 2 heterocycles. The van der Waals surface area contributed by atoms with E-state index in [-0.39, 0.29) is 17.4 Å². The smallest absolute Gasteiger partial charge is 0.422 e. The zero-order valence-corrected chi connectivity index (χ0v) is 20.0. The Bertz CT molecular complexity index is 1170. The van der Waals surface area contributed by atoms with Gasteiger partial charge in [-0.15, -0.1) is 0 Å². The number of ether oxygens (including phenoxy) is 1. The molecule has 182 valence electrons. The zero-order valence-electron chi connectivity index (χ0n) is 19.2. The van der Waals surface area contributed by atoms with Crippen molar-refractivity contribution in [3.05, 3.63) is 69.4 Å². The number of piperazine rings is 1. The highest BCUT2D eigenvalue weighted by Crippen LogP contribution is 2.27. The average Bonchev–Trinajstić information content (AvgIpc) is 3.11. The Balaban J connectivity index is 1.26. The lowest BCUT2D eigenvalue weighted by molar-refractivity contribution is 0.247. The predicted octanol–water partition coefficient (Wildman–Crippen LogP) is 3.51. The van der Waals surface area contributed by atoms with Gasteiger partial charge in [-0.2, -0.15) is 0 Å². The molecule has 0 unspecified atom stereocenters. The number of aromatic hydroxyl groups is 2. The lowest BCUT2D eigenvalue weighted by Crippen LogP contribution is -2.46. The molecule has 1 aliphatic rings. The van der Waals surface area contributed by atoms with Crippen molar-refractivity contribution in [1.29, 1.82) is 0 Å². The zero-order chi connectivity index (χ0) is 24.1. The van der Waals surface area contributed by atoms with E-state index in [1.165, 1.54) is 11.7 Å². The Kier molecular flexibility index (Phi) is 7.70. The Labute approximate surface area is 203 Å². The van der Waals surface area contributed by atoms with Gasteiger partial charge in [0.05, 0.1) is 7.11 Å². The van der Waals surface area contributed by atoms with Gasteiger partial charge in [0.2, 0.25) is 5.88 Å². The number of oxazole rings is 1. The van der Waals surface area contributed by atoms with E-state index in [9.17, 15) is 15.0 Å². The van der Waals surface area contributed by atoms with Gasteiger partial charge >= 0.3 is 5.76 Å². The van der Waals surface area contributed by atoms with Crippen LogP contribution in [-0.4, -0.2) is 59.5 Å². The minimum absolute atomic E-state index is 0.0524. The van der Waals surface area contributed by atoms with Crippen molar-refractivity contribution >= 4 is 17.3 Å². The SMILES string of the molecule is COc1ccc(CCc2oc(=O)n(CCCN3CCN(c4cccc(Cl)c4)CC3)c2O)cc1O. The fourth-order valence-corrected chi connectivity index (χ4v) is 4.49. The van der Waals surface area contributed by atoms with Crippen molar-refractivity contribution in [1.82, 2.24) is 9.47 Å². The maximum absolute atomic E-state index is 12.3. The van der Waals surface area contributed by atoms with Gasteiger partial charge in [-0.05, 0) is 55.3 Å². The Morgan fingerprint density at radius 1 is 1.03 bits per heavy atom. The lowest BCUT2D eigenvalue weighted by Gasteiger charge is -2.36. The first-order valence-corrected chi connectivity index (χ1v) is 11.8. The molecule has 1 aromatic heterocycles. The number of phenols is 1. The summed E-state index contributed by atoms with van der Waals surface area (Å²) in [5.41, 5.74) is 1.99. The van der Waals surface area contributed by atoms with Crippen LogP contribution >= 0.6 is 11.6 Å². The highest BCUT2D eigenvalue weighted by Gasteiger charge is 2.19. The largest absolute Gasteiger partial charge is 0.504 e. The third kappa shape index (κ3) is 5.69. The molecule has 2 N–H and O–H groups in total. The predicted molar refractivity (Wildman–Crippen MR) is 131 cm³/mol. The van der Waals surface area contributed by atoms with Gasteiger partial charge in [-0.1, -0.05) is 23.7 Å². The number of aryl methyl sites for hydroxylation is 2. The summed E-state index contributed by atoms with van der Waals surface area (Å²) >= 11 is 6.11. The normalized spacial score (nSPS) is 14.5. The number of anilines is 1. The molecule has 8 nitrogen and oxygen atoms in total. The van der Waals surface area contributed by atoms with Crippen LogP contribution in [0.5, 0.6) is 17.4 Å². The molecule has 0 bridgehead atoms. The van der Waals surface area contributed by atoms with Crippen LogP contribution in [0.4, 0.5) is 5.69 Å². The summed E-state index contributed by atoms with van der Waals surface area (Å²) in [7, 11) is 1.49. The van der Waals surface area contributed by atoms with E-state index in [2.05, 4.69) is 15.9 Å². The summed E-state index contributed by atoms with van der Waals surface area (Å²) < 4.78 is 11.6. The van der Waals surface area contributed by atoms with Crippen molar-refractivity contribution in [3.8, 4) is 17.4 Å². The van der Waals surface area contributed by atoms with Crippen molar-refractivity contribution in [2.45, 2.75) is 25.8 Å².